The minimum atomic E-state index is -0.216. The van der Waals surface area contributed by atoms with Gasteiger partial charge in [0.25, 0.3) is 0 Å². The molecule has 0 heterocycles. The van der Waals surface area contributed by atoms with Crippen molar-refractivity contribution in [2.45, 2.75) is 60.8 Å². The van der Waals surface area contributed by atoms with Gasteiger partial charge in [0.1, 0.15) is 0 Å². The average Bonchev–Trinajstić information content (AvgIpc) is 2.70. The van der Waals surface area contributed by atoms with Crippen molar-refractivity contribution in [2.24, 2.45) is 10.2 Å². The maximum absolute atomic E-state index is 12.0. The Morgan fingerprint density at radius 2 is 1.10 bits per heavy atom. The first-order valence-corrected chi connectivity index (χ1v) is 10.5. The fourth-order valence-corrected chi connectivity index (χ4v) is 3.37. The molecular formula is C25H32N4O2. The smallest absolute Gasteiger partial charge is 0.240 e. The van der Waals surface area contributed by atoms with E-state index >= 15 is 0 Å². The van der Waals surface area contributed by atoms with Gasteiger partial charge in [0.05, 0.1) is 11.4 Å². The van der Waals surface area contributed by atoms with Crippen molar-refractivity contribution in [2.75, 3.05) is 0 Å². The number of carbonyl (C=O) groups is 2. The van der Waals surface area contributed by atoms with Crippen molar-refractivity contribution in [1.29, 1.82) is 0 Å². The van der Waals surface area contributed by atoms with Crippen molar-refractivity contribution >= 4 is 23.2 Å². The molecule has 164 valence electrons. The summed E-state index contributed by atoms with van der Waals surface area (Å²) in [6, 6.07) is 12.2. The number of hydrazone groups is 2. The molecule has 0 atom stereocenters. The molecular weight excluding hydrogens is 388 g/mol. The van der Waals surface area contributed by atoms with Gasteiger partial charge < -0.3 is 0 Å². The van der Waals surface area contributed by atoms with E-state index in [-0.39, 0.29) is 24.7 Å². The third kappa shape index (κ3) is 7.48. The highest BCUT2D eigenvalue weighted by molar-refractivity contribution is 6.01. The molecule has 2 aromatic carbocycles. The van der Waals surface area contributed by atoms with E-state index in [4.69, 9.17) is 0 Å². The number of amides is 2. The summed E-state index contributed by atoms with van der Waals surface area (Å²) in [7, 11) is 0. The molecule has 0 aliphatic carbocycles. The van der Waals surface area contributed by atoms with Crippen LogP contribution in [0.4, 0.5) is 0 Å². The van der Waals surface area contributed by atoms with Crippen LogP contribution in [0.3, 0.4) is 0 Å². The third-order valence-corrected chi connectivity index (χ3v) is 5.05. The van der Waals surface area contributed by atoms with E-state index in [9.17, 15) is 9.59 Å². The molecule has 6 nitrogen and oxygen atoms in total. The van der Waals surface area contributed by atoms with Gasteiger partial charge in [0, 0.05) is 24.0 Å². The molecule has 2 rings (SSSR count). The van der Waals surface area contributed by atoms with Crippen LogP contribution in [-0.2, 0) is 9.59 Å². The zero-order valence-corrected chi connectivity index (χ0v) is 19.3. The predicted molar refractivity (Wildman–Crippen MR) is 126 cm³/mol. The number of hydrogen-bond acceptors (Lipinski definition) is 4. The second-order valence-electron chi connectivity index (χ2n) is 7.95. The maximum atomic E-state index is 12.0. The molecule has 0 saturated carbocycles. The van der Waals surface area contributed by atoms with E-state index in [1.165, 1.54) is 11.1 Å². The van der Waals surface area contributed by atoms with Crippen LogP contribution in [0.5, 0.6) is 0 Å². The standard InChI is InChI=1S/C25H32N4O2/c1-16-10-12-22(18(3)14-16)20(5)26-28-24(30)8-7-9-25(31)29-27-21(6)23-13-11-17(2)15-19(23)4/h10-15H,7-9H2,1-6H3,(H,28,30)(H,29,31)/b26-20+,27-21+. The third-order valence-electron chi connectivity index (χ3n) is 5.05. The lowest BCUT2D eigenvalue weighted by Crippen LogP contribution is -2.22. The van der Waals surface area contributed by atoms with Crippen LogP contribution in [0.1, 0.15) is 66.5 Å². The highest BCUT2D eigenvalue weighted by Crippen LogP contribution is 2.12. The maximum Gasteiger partial charge on any atom is 0.240 e. The Labute approximate surface area is 184 Å². The van der Waals surface area contributed by atoms with E-state index in [1.54, 1.807) is 0 Å². The number of hydrogen-bond donors (Lipinski definition) is 2. The SMILES string of the molecule is C/C(=N\NC(=O)CCCC(=O)N/N=C(\C)c1ccc(C)cc1C)c1ccc(C)cc1C. The van der Waals surface area contributed by atoms with Crippen LogP contribution in [0.2, 0.25) is 0 Å². The summed E-state index contributed by atoms with van der Waals surface area (Å²) in [6.45, 7) is 11.8. The van der Waals surface area contributed by atoms with Gasteiger partial charge in [-0.25, -0.2) is 10.9 Å². The molecule has 0 fully saturated rings. The van der Waals surface area contributed by atoms with Crippen LogP contribution in [0.25, 0.3) is 0 Å². The summed E-state index contributed by atoms with van der Waals surface area (Å²) in [6.07, 6.45) is 0.863. The molecule has 2 amide bonds. The van der Waals surface area contributed by atoms with E-state index in [0.29, 0.717) is 6.42 Å². The number of carbonyl (C=O) groups excluding carboxylic acids is 2. The average molecular weight is 421 g/mol. The van der Waals surface area contributed by atoms with Crippen molar-refractivity contribution < 1.29 is 9.59 Å². The molecule has 0 aliphatic rings. The summed E-state index contributed by atoms with van der Waals surface area (Å²) < 4.78 is 0. The van der Waals surface area contributed by atoms with Crippen LogP contribution in [0, 0.1) is 27.7 Å². The normalized spacial score (nSPS) is 11.9. The van der Waals surface area contributed by atoms with Crippen molar-refractivity contribution in [3.8, 4) is 0 Å². The highest BCUT2D eigenvalue weighted by atomic mass is 16.2. The fourth-order valence-electron chi connectivity index (χ4n) is 3.37. The lowest BCUT2D eigenvalue weighted by atomic mass is 10.0. The number of nitrogens with zero attached hydrogens (tertiary/aromatic N) is 2. The molecule has 2 N–H and O–H groups in total. The first-order valence-electron chi connectivity index (χ1n) is 10.5. The van der Waals surface area contributed by atoms with Gasteiger partial charge in [-0.2, -0.15) is 10.2 Å². The molecule has 0 saturated heterocycles. The Morgan fingerprint density at radius 3 is 1.45 bits per heavy atom. The number of rotatable bonds is 8. The van der Waals surface area contributed by atoms with E-state index in [1.807, 2.05) is 65.8 Å². The Balaban J connectivity index is 1.78. The second kappa shape index (κ2) is 11.2. The van der Waals surface area contributed by atoms with Crippen LogP contribution in [0.15, 0.2) is 46.6 Å². The Hall–Kier alpha value is -3.28. The predicted octanol–water partition coefficient (Wildman–Crippen LogP) is 4.47. The minimum absolute atomic E-state index is 0.216. The van der Waals surface area contributed by atoms with Gasteiger partial charge in [-0.05, 0) is 59.1 Å². The molecule has 0 spiro atoms. The molecule has 0 aliphatic heterocycles. The summed E-state index contributed by atoms with van der Waals surface area (Å²) in [5.41, 5.74) is 13.2. The number of benzene rings is 2. The lowest BCUT2D eigenvalue weighted by molar-refractivity contribution is -0.122. The summed E-state index contributed by atoms with van der Waals surface area (Å²) in [5, 5.41) is 8.37. The molecule has 0 aromatic heterocycles. The topological polar surface area (TPSA) is 82.9 Å². The second-order valence-corrected chi connectivity index (χ2v) is 7.95. The Bertz CT molecular complexity index is 941. The van der Waals surface area contributed by atoms with Crippen molar-refractivity contribution in [1.82, 2.24) is 10.9 Å². The highest BCUT2D eigenvalue weighted by Gasteiger charge is 2.07. The number of nitrogens with one attached hydrogen (secondary N) is 2. The van der Waals surface area contributed by atoms with Gasteiger partial charge in [0.15, 0.2) is 0 Å². The largest absolute Gasteiger partial charge is 0.273 e. The Kier molecular flexibility index (Phi) is 8.67. The van der Waals surface area contributed by atoms with Crippen LogP contribution in [-0.4, -0.2) is 23.2 Å². The quantitative estimate of drug-likeness (QED) is 0.488. The van der Waals surface area contributed by atoms with E-state index < -0.39 is 0 Å². The first-order chi connectivity index (χ1) is 14.7. The molecule has 0 unspecified atom stereocenters. The summed E-state index contributed by atoms with van der Waals surface area (Å²) >= 11 is 0. The molecule has 0 bridgehead atoms. The van der Waals surface area contributed by atoms with Crippen molar-refractivity contribution in [3.05, 3.63) is 69.8 Å². The van der Waals surface area contributed by atoms with E-state index in [0.717, 1.165) is 33.7 Å². The zero-order valence-electron chi connectivity index (χ0n) is 19.3. The van der Waals surface area contributed by atoms with Gasteiger partial charge in [-0.3, -0.25) is 9.59 Å². The summed E-state index contributed by atoms with van der Waals surface area (Å²) in [4.78, 5) is 24.1. The molecule has 6 heteroatoms. The Morgan fingerprint density at radius 1 is 0.710 bits per heavy atom. The van der Waals surface area contributed by atoms with Gasteiger partial charge in [-0.1, -0.05) is 47.5 Å². The van der Waals surface area contributed by atoms with Gasteiger partial charge in [0.2, 0.25) is 11.8 Å². The van der Waals surface area contributed by atoms with Crippen molar-refractivity contribution in [3.63, 3.8) is 0 Å². The summed E-state index contributed by atoms with van der Waals surface area (Å²) in [5.74, 6) is -0.432. The minimum Gasteiger partial charge on any atom is -0.273 e. The molecule has 2 aromatic rings. The monoisotopic (exact) mass is 420 g/mol. The number of aryl methyl sites for hydroxylation is 4. The lowest BCUT2D eigenvalue weighted by Gasteiger charge is -2.08. The molecule has 0 radical (unpaired) electrons. The first kappa shape index (κ1) is 24.0. The fraction of sp³-hybridized carbons (Fsp3) is 0.360. The van der Waals surface area contributed by atoms with E-state index in [2.05, 4.69) is 33.2 Å². The van der Waals surface area contributed by atoms with Crippen LogP contribution >= 0.6 is 0 Å². The van der Waals surface area contributed by atoms with Gasteiger partial charge >= 0.3 is 0 Å². The zero-order chi connectivity index (χ0) is 23.0. The van der Waals surface area contributed by atoms with Gasteiger partial charge in [-0.15, -0.1) is 0 Å². The van der Waals surface area contributed by atoms with Crippen LogP contribution < -0.4 is 10.9 Å². The molecule has 31 heavy (non-hydrogen) atoms.